The molecule has 0 amide bonds. The highest BCUT2D eigenvalue weighted by Crippen LogP contribution is 2.16. The number of terminal acetylenes is 1. The number of rotatable bonds is 5. The van der Waals surface area contributed by atoms with Gasteiger partial charge in [-0.05, 0) is 24.1 Å². The van der Waals surface area contributed by atoms with Gasteiger partial charge >= 0.3 is 0 Å². The van der Waals surface area contributed by atoms with Crippen LogP contribution in [0.15, 0.2) is 36.5 Å². The fraction of sp³-hybridized carbons (Fsp3) is 0.312. The van der Waals surface area contributed by atoms with Gasteiger partial charge in [0.25, 0.3) is 0 Å². The third-order valence-electron chi connectivity index (χ3n) is 3.18. The maximum absolute atomic E-state index is 5.36. The maximum Gasteiger partial charge on any atom is 0.0705 e. The summed E-state index contributed by atoms with van der Waals surface area (Å²) in [7, 11) is 0. The van der Waals surface area contributed by atoms with Crippen molar-refractivity contribution in [3.8, 4) is 12.3 Å². The van der Waals surface area contributed by atoms with Crippen LogP contribution in [0.3, 0.4) is 0 Å². The van der Waals surface area contributed by atoms with Crippen molar-refractivity contribution in [3.05, 3.63) is 42.1 Å². The maximum atomic E-state index is 5.36. The van der Waals surface area contributed by atoms with E-state index in [9.17, 15) is 0 Å². The Kier molecular flexibility index (Phi) is 4.33. The highest BCUT2D eigenvalue weighted by atomic mass is 14.9. The van der Waals surface area contributed by atoms with Crippen molar-refractivity contribution in [3.63, 3.8) is 0 Å². The summed E-state index contributed by atoms with van der Waals surface area (Å²) >= 11 is 0. The number of nitrogens with one attached hydrogen (secondary N) is 1. The van der Waals surface area contributed by atoms with Crippen LogP contribution in [0.4, 0.5) is 0 Å². The number of para-hydroxylation sites is 1. The van der Waals surface area contributed by atoms with Crippen LogP contribution in [0, 0.1) is 12.3 Å². The first-order valence-electron chi connectivity index (χ1n) is 6.34. The molecule has 18 heavy (non-hydrogen) atoms. The highest BCUT2D eigenvalue weighted by Gasteiger charge is 2.05. The van der Waals surface area contributed by atoms with E-state index in [1.54, 1.807) is 0 Å². The number of hydrogen-bond donors (Lipinski definition) is 1. The Balaban J connectivity index is 2.14. The summed E-state index contributed by atoms with van der Waals surface area (Å²) in [5.74, 6) is 2.72. The number of nitrogens with zero attached hydrogens (tertiary/aromatic N) is 1. The van der Waals surface area contributed by atoms with Crippen LogP contribution in [0.25, 0.3) is 10.9 Å². The minimum atomic E-state index is 0.391. The largest absolute Gasteiger partial charge is 0.309 e. The van der Waals surface area contributed by atoms with E-state index in [4.69, 9.17) is 6.42 Å². The molecule has 0 aliphatic carbocycles. The van der Waals surface area contributed by atoms with Gasteiger partial charge in [0.15, 0.2) is 0 Å². The van der Waals surface area contributed by atoms with Crippen molar-refractivity contribution in [2.45, 2.75) is 32.4 Å². The summed E-state index contributed by atoms with van der Waals surface area (Å²) in [6.45, 7) is 2.99. The summed E-state index contributed by atoms with van der Waals surface area (Å²) in [6.07, 6.45) is 9.05. The average Bonchev–Trinajstić information content (AvgIpc) is 2.43. The molecule has 0 aliphatic heterocycles. The number of fused-ring (bicyclic) bond motifs is 1. The zero-order valence-corrected chi connectivity index (χ0v) is 10.7. The van der Waals surface area contributed by atoms with E-state index >= 15 is 0 Å². The smallest absolute Gasteiger partial charge is 0.0705 e. The van der Waals surface area contributed by atoms with Crippen LogP contribution in [-0.4, -0.2) is 11.0 Å². The number of benzene rings is 1. The Hall–Kier alpha value is -1.85. The van der Waals surface area contributed by atoms with Crippen molar-refractivity contribution < 1.29 is 0 Å². The van der Waals surface area contributed by atoms with Crippen LogP contribution in [0.2, 0.25) is 0 Å². The average molecular weight is 238 g/mol. The van der Waals surface area contributed by atoms with Crippen LogP contribution in [-0.2, 0) is 6.54 Å². The van der Waals surface area contributed by atoms with Gasteiger partial charge in [0, 0.05) is 30.6 Å². The molecule has 0 saturated heterocycles. The number of pyridine rings is 1. The Morgan fingerprint density at radius 1 is 1.33 bits per heavy atom. The normalized spacial score (nSPS) is 12.2. The quantitative estimate of drug-likeness (QED) is 0.809. The lowest BCUT2D eigenvalue weighted by Crippen LogP contribution is -2.27. The molecule has 2 aromatic rings. The lowest BCUT2D eigenvalue weighted by atomic mass is 10.1. The molecule has 1 aromatic carbocycles. The Morgan fingerprint density at radius 3 is 2.94 bits per heavy atom. The third-order valence-corrected chi connectivity index (χ3v) is 3.18. The second-order valence-electron chi connectivity index (χ2n) is 4.38. The van der Waals surface area contributed by atoms with Gasteiger partial charge in [0.1, 0.15) is 0 Å². The van der Waals surface area contributed by atoms with Gasteiger partial charge in [-0.25, -0.2) is 0 Å². The molecule has 0 spiro atoms. The first-order valence-corrected chi connectivity index (χ1v) is 6.34. The molecule has 1 aromatic heterocycles. The fourth-order valence-corrected chi connectivity index (χ4v) is 2.07. The molecule has 1 unspecified atom stereocenters. The molecule has 2 heteroatoms. The monoisotopic (exact) mass is 238 g/mol. The molecule has 2 rings (SSSR count). The molecule has 0 fully saturated rings. The number of aromatic nitrogens is 1. The first-order chi connectivity index (χ1) is 8.85. The van der Waals surface area contributed by atoms with E-state index in [2.05, 4.69) is 35.3 Å². The lowest BCUT2D eigenvalue weighted by Gasteiger charge is -2.15. The van der Waals surface area contributed by atoms with E-state index in [1.165, 1.54) is 10.9 Å². The first kappa shape index (κ1) is 12.6. The standard InChI is InChI=1S/C16H18N2/c1-3-7-14(4-2)18-12-13-10-11-17-16-9-6-5-8-15(13)16/h1,5-6,8-11,14,18H,4,7,12H2,2H3. The third kappa shape index (κ3) is 2.88. The zero-order valence-electron chi connectivity index (χ0n) is 10.7. The molecular weight excluding hydrogens is 220 g/mol. The van der Waals surface area contributed by atoms with Crippen molar-refractivity contribution >= 4 is 10.9 Å². The van der Waals surface area contributed by atoms with Gasteiger partial charge in [0.2, 0.25) is 0 Å². The molecule has 2 nitrogen and oxygen atoms in total. The van der Waals surface area contributed by atoms with Gasteiger partial charge in [-0.15, -0.1) is 12.3 Å². The second kappa shape index (κ2) is 6.18. The Labute approximate surface area is 108 Å². The Morgan fingerprint density at radius 2 is 2.17 bits per heavy atom. The van der Waals surface area contributed by atoms with Gasteiger partial charge < -0.3 is 5.32 Å². The SMILES string of the molecule is C#CCC(CC)NCc1ccnc2ccccc12. The van der Waals surface area contributed by atoms with Crippen molar-refractivity contribution in [1.82, 2.24) is 10.3 Å². The van der Waals surface area contributed by atoms with E-state index in [0.717, 1.165) is 24.9 Å². The summed E-state index contributed by atoms with van der Waals surface area (Å²) in [6, 6.07) is 10.7. The topological polar surface area (TPSA) is 24.9 Å². The molecule has 0 aliphatic rings. The van der Waals surface area contributed by atoms with Crippen molar-refractivity contribution in [1.29, 1.82) is 0 Å². The lowest BCUT2D eigenvalue weighted by molar-refractivity contribution is 0.508. The highest BCUT2D eigenvalue weighted by molar-refractivity contribution is 5.81. The molecule has 0 saturated carbocycles. The molecule has 0 bridgehead atoms. The van der Waals surface area contributed by atoms with E-state index in [1.807, 2.05) is 24.4 Å². The predicted octanol–water partition coefficient (Wildman–Crippen LogP) is 3.13. The number of hydrogen-bond acceptors (Lipinski definition) is 2. The zero-order chi connectivity index (χ0) is 12.8. The van der Waals surface area contributed by atoms with Crippen molar-refractivity contribution in [2.24, 2.45) is 0 Å². The van der Waals surface area contributed by atoms with E-state index in [-0.39, 0.29) is 0 Å². The fourth-order valence-electron chi connectivity index (χ4n) is 2.07. The minimum absolute atomic E-state index is 0.391. The molecule has 1 heterocycles. The van der Waals surface area contributed by atoms with Gasteiger partial charge in [-0.3, -0.25) is 4.98 Å². The van der Waals surface area contributed by atoms with Gasteiger partial charge in [0.05, 0.1) is 5.52 Å². The molecule has 0 radical (unpaired) electrons. The summed E-state index contributed by atoms with van der Waals surface area (Å²) in [4.78, 5) is 4.37. The molecule has 1 N–H and O–H groups in total. The summed E-state index contributed by atoms with van der Waals surface area (Å²) < 4.78 is 0. The minimum Gasteiger partial charge on any atom is -0.309 e. The predicted molar refractivity (Wildman–Crippen MR) is 76.1 cm³/mol. The Bertz CT molecular complexity index is 549. The summed E-state index contributed by atoms with van der Waals surface area (Å²) in [5, 5.41) is 4.72. The van der Waals surface area contributed by atoms with Crippen LogP contribution < -0.4 is 5.32 Å². The van der Waals surface area contributed by atoms with Crippen LogP contribution >= 0.6 is 0 Å². The molecule has 1 atom stereocenters. The molecule has 92 valence electrons. The van der Waals surface area contributed by atoms with Gasteiger partial charge in [-0.2, -0.15) is 0 Å². The van der Waals surface area contributed by atoms with E-state index < -0.39 is 0 Å². The van der Waals surface area contributed by atoms with Crippen molar-refractivity contribution in [2.75, 3.05) is 0 Å². The van der Waals surface area contributed by atoms with Crippen LogP contribution in [0.5, 0.6) is 0 Å². The molecular formula is C16H18N2. The van der Waals surface area contributed by atoms with E-state index in [0.29, 0.717) is 6.04 Å². The second-order valence-corrected chi connectivity index (χ2v) is 4.38. The van der Waals surface area contributed by atoms with Crippen LogP contribution in [0.1, 0.15) is 25.3 Å². The summed E-state index contributed by atoms with van der Waals surface area (Å²) in [5.41, 5.74) is 2.32. The van der Waals surface area contributed by atoms with Gasteiger partial charge in [-0.1, -0.05) is 25.1 Å².